The molecule has 0 aliphatic carbocycles. The first-order valence-electron chi connectivity index (χ1n) is 8.18. The molecule has 1 aromatic carbocycles. The van der Waals surface area contributed by atoms with Crippen molar-refractivity contribution in [3.05, 3.63) is 65.2 Å². The summed E-state index contributed by atoms with van der Waals surface area (Å²) in [5, 5.41) is 22.0. The van der Waals surface area contributed by atoms with E-state index in [1.807, 2.05) is 18.2 Å². The first kappa shape index (κ1) is 15.9. The lowest BCUT2D eigenvalue weighted by atomic mass is 10.0. The summed E-state index contributed by atoms with van der Waals surface area (Å²) in [6.45, 7) is 4.37. The average Bonchev–Trinajstić information content (AvgIpc) is 3.31. The zero-order chi connectivity index (χ0) is 18.1. The Morgan fingerprint density at radius 2 is 2.00 bits per heavy atom. The molecule has 0 unspecified atom stereocenters. The van der Waals surface area contributed by atoms with Crippen LogP contribution in [0, 0.1) is 13.8 Å². The molecule has 0 saturated carbocycles. The van der Waals surface area contributed by atoms with Crippen molar-refractivity contribution in [2.45, 2.75) is 20.4 Å². The highest BCUT2D eigenvalue weighted by Crippen LogP contribution is 2.20. The van der Waals surface area contributed by atoms with Gasteiger partial charge in [-0.05, 0) is 49.2 Å². The molecule has 2 N–H and O–H groups in total. The van der Waals surface area contributed by atoms with Crippen molar-refractivity contribution < 1.29 is 4.79 Å². The van der Waals surface area contributed by atoms with Crippen LogP contribution in [0.25, 0.3) is 16.9 Å². The summed E-state index contributed by atoms with van der Waals surface area (Å²) in [6.07, 6.45) is 1.53. The number of nitrogens with one attached hydrogen (secondary N) is 2. The number of aryl methyl sites for hydroxylation is 2. The third kappa shape index (κ3) is 2.92. The molecule has 0 fully saturated rings. The van der Waals surface area contributed by atoms with E-state index in [2.05, 4.69) is 56.8 Å². The first-order valence-corrected chi connectivity index (χ1v) is 8.18. The number of hydrogen-bond donors (Lipinski definition) is 2. The predicted octanol–water partition coefficient (Wildman–Crippen LogP) is 2.06. The summed E-state index contributed by atoms with van der Waals surface area (Å²) in [7, 11) is 0. The third-order valence-electron chi connectivity index (χ3n) is 4.28. The molecule has 4 aromatic rings. The maximum Gasteiger partial charge on any atom is 0.269 e. The predicted molar refractivity (Wildman–Crippen MR) is 95.4 cm³/mol. The number of carbonyl (C=O) groups is 1. The summed E-state index contributed by atoms with van der Waals surface area (Å²) in [5.41, 5.74) is 5.31. The van der Waals surface area contributed by atoms with Crippen LogP contribution in [0.3, 0.4) is 0 Å². The Morgan fingerprint density at radius 3 is 2.77 bits per heavy atom. The van der Waals surface area contributed by atoms with Gasteiger partial charge in [0.25, 0.3) is 5.91 Å². The van der Waals surface area contributed by atoms with E-state index in [9.17, 15) is 4.79 Å². The first-order chi connectivity index (χ1) is 12.6. The summed E-state index contributed by atoms with van der Waals surface area (Å²) >= 11 is 0. The molecule has 130 valence electrons. The Kier molecular flexibility index (Phi) is 3.92. The van der Waals surface area contributed by atoms with Crippen molar-refractivity contribution in [3.8, 4) is 11.3 Å². The minimum Gasteiger partial charge on any atom is -0.343 e. The molecular weight excluding hydrogens is 330 g/mol. The van der Waals surface area contributed by atoms with Crippen LogP contribution in [-0.4, -0.2) is 35.9 Å². The fourth-order valence-electron chi connectivity index (χ4n) is 2.64. The second kappa shape index (κ2) is 6.40. The molecule has 8 heteroatoms. The van der Waals surface area contributed by atoms with E-state index in [1.54, 1.807) is 10.6 Å². The lowest BCUT2D eigenvalue weighted by Gasteiger charge is -2.06. The van der Waals surface area contributed by atoms with Crippen molar-refractivity contribution in [1.29, 1.82) is 0 Å². The Bertz CT molecular complexity index is 1080. The largest absolute Gasteiger partial charge is 0.343 e. The van der Waals surface area contributed by atoms with Gasteiger partial charge >= 0.3 is 0 Å². The smallest absolute Gasteiger partial charge is 0.269 e. The maximum atomic E-state index is 12.0. The second-order valence-electron chi connectivity index (χ2n) is 6.06. The number of aromatic amines is 1. The van der Waals surface area contributed by atoms with Gasteiger partial charge in [0.15, 0.2) is 11.5 Å². The summed E-state index contributed by atoms with van der Waals surface area (Å²) < 4.78 is 1.65. The average molecular weight is 347 g/mol. The monoisotopic (exact) mass is 347 g/mol. The molecule has 0 atom stereocenters. The van der Waals surface area contributed by atoms with Gasteiger partial charge in [0, 0.05) is 11.8 Å². The maximum absolute atomic E-state index is 12.0. The molecule has 3 aromatic heterocycles. The summed E-state index contributed by atoms with van der Waals surface area (Å²) in [4.78, 5) is 12.0. The quantitative estimate of drug-likeness (QED) is 0.588. The van der Waals surface area contributed by atoms with Crippen molar-refractivity contribution in [1.82, 2.24) is 35.3 Å². The molecule has 0 aliphatic heterocycles. The van der Waals surface area contributed by atoms with Gasteiger partial charge in [0.2, 0.25) is 0 Å². The van der Waals surface area contributed by atoms with Gasteiger partial charge < -0.3 is 5.32 Å². The van der Waals surface area contributed by atoms with Gasteiger partial charge in [-0.1, -0.05) is 12.1 Å². The van der Waals surface area contributed by atoms with Gasteiger partial charge in [-0.2, -0.15) is 14.7 Å². The Morgan fingerprint density at radius 1 is 1.12 bits per heavy atom. The normalized spacial score (nSPS) is 11.0. The second-order valence-corrected chi connectivity index (χ2v) is 6.06. The minimum atomic E-state index is -0.260. The number of amides is 1. The highest BCUT2D eigenvalue weighted by molar-refractivity contribution is 5.91. The molecule has 0 saturated heterocycles. The number of fused-ring (bicyclic) bond motifs is 1. The number of benzene rings is 1. The van der Waals surface area contributed by atoms with Crippen LogP contribution in [-0.2, 0) is 6.54 Å². The molecule has 1 amide bonds. The lowest BCUT2D eigenvalue weighted by molar-refractivity contribution is 0.0944. The van der Waals surface area contributed by atoms with E-state index in [0.717, 1.165) is 11.3 Å². The molecule has 0 bridgehead atoms. The Balaban J connectivity index is 1.62. The van der Waals surface area contributed by atoms with E-state index in [1.165, 1.54) is 17.3 Å². The Hall–Kier alpha value is -3.55. The molecule has 4 rings (SSSR count). The molecular formula is C18H17N7O. The van der Waals surface area contributed by atoms with E-state index in [0.29, 0.717) is 17.2 Å². The van der Waals surface area contributed by atoms with E-state index >= 15 is 0 Å². The standard InChI is InChI=1S/C18H17N7O/c1-11-3-4-13(9-12(11)2)14-5-6-16-22-23-17(25(16)24-14)10-19-18(26)15-7-8-20-21-15/h3-9H,10H2,1-2H3,(H,19,26)(H,20,21). The SMILES string of the molecule is Cc1ccc(-c2ccc3nnc(CNC(=O)c4ccn[nH]4)n3n2)cc1C. The number of carbonyl (C=O) groups excluding carboxylic acids is 1. The molecule has 0 spiro atoms. The van der Waals surface area contributed by atoms with Crippen LogP contribution in [0.4, 0.5) is 0 Å². The highest BCUT2D eigenvalue weighted by Gasteiger charge is 2.12. The highest BCUT2D eigenvalue weighted by atomic mass is 16.1. The minimum absolute atomic E-state index is 0.211. The van der Waals surface area contributed by atoms with Crippen LogP contribution >= 0.6 is 0 Å². The molecule has 26 heavy (non-hydrogen) atoms. The third-order valence-corrected chi connectivity index (χ3v) is 4.28. The lowest BCUT2D eigenvalue weighted by Crippen LogP contribution is -2.24. The van der Waals surface area contributed by atoms with Crippen LogP contribution in [0.2, 0.25) is 0 Å². The van der Waals surface area contributed by atoms with Gasteiger partial charge in [-0.25, -0.2) is 0 Å². The topological polar surface area (TPSA) is 101 Å². The van der Waals surface area contributed by atoms with E-state index < -0.39 is 0 Å². The van der Waals surface area contributed by atoms with E-state index in [4.69, 9.17) is 0 Å². The fraction of sp³-hybridized carbons (Fsp3) is 0.167. The number of hydrogen-bond acceptors (Lipinski definition) is 5. The fourth-order valence-corrected chi connectivity index (χ4v) is 2.64. The number of nitrogens with zero attached hydrogens (tertiary/aromatic N) is 5. The van der Waals surface area contributed by atoms with Gasteiger partial charge in [-0.3, -0.25) is 9.89 Å². The van der Waals surface area contributed by atoms with Crippen molar-refractivity contribution >= 4 is 11.6 Å². The van der Waals surface area contributed by atoms with Gasteiger partial charge in [-0.15, -0.1) is 10.2 Å². The molecule has 3 heterocycles. The van der Waals surface area contributed by atoms with Gasteiger partial charge in [0.1, 0.15) is 5.69 Å². The number of rotatable bonds is 4. The van der Waals surface area contributed by atoms with Crippen LogP contribution in [0.15, 0.2) is 42.6 Å². The van der Waals surface area contributed by atoms with Crippen molar-refractivity contribution in [2.24, 2.45) is 0 Å². The Labute approximate surface area is 149 Å². The molecule has 0 aliphatic rings. The van der Waals surface area contributed by atoms with Crippen LogP contribution in [0.1, 0.15) is 27.4 Å². The van der Waals surface area contributed by atoms with Crippen molar-refractivity contribution in [2.75, 3.05) is 0 Å². The van der Waals surface area contributed by atoms with Crippen molar-refractivity contribution in [3.63, 3.8) is 0 Å². The molecule has 8 nitrogen and oxygen atoms in total. The zero-order valence-corrected chi connectivity index (χ0v) is 14.4. The zero-order valence-electron chi connectivity index (χ0n) is 14.4. The number of aromatic nitrogens is 6. The summed E-state index contributed by atoms with van der Waals surface area (Å²) in [5.74, 6) is 0.295. The number of H-pyrrole nitrogens is 1. The molecule has 0 radical (unpaired) electrons. The van der Waals surface area contributed by atoms with Crippen LogP contribution in [0.5, 0.6) is 0 Å². The summed E-state index contributed by atoms with van der Waals surface area (Å²) in [6, 6.07) is 11.6. The van der Waals surface area contributed by atoms with Gasteiger partial charge in [0.05, 0.1) is 12.2 Å². The van der Waals surface area contributed by atoms with Crippen LogP contribution < -0.4 is 5.32 Å². The van der Waals surface area contributed by atoms with E-state index in [-0.39, 0.29) is 12.5 Å².